The number of thiazole rings is 1. The van der Waals surface area contributed by atoms with Crippen molar-refractivity contribution in [1.29, 1.82) is 0 Å². The molecule has 1 fully saturated rings. The molecule has 3 amide bonds. The lowest BCUT2D eigenvalue weighted by Gasteiger charge is -2.21. The Morgan fingerprint density at radius 3 is 2.34 bits per heavy atom. The first-order valence-electron chi connectivity index (χ1n) is 10.5. The van der Waals surface area contributed by atoms with Crippen LogP contribution in [0.5, 0.6) is 0 Å². The third kappa shape index (κ3) is 6.01. The summed E-state index contributed by atoms with van der Waals surface area (Å²) >= 11 is 1.26. The number of carbonyl (C=O) groups excluding carboxylic acids is 3. The number of amides is 3. The highest BCUT2D eigenvalue weighted by Crippen LogP contribution is 2.28. The van der Waals surface area contributed by atoms with Crippen LogP contribution in [0.25, 0.3) is 0 Å². The normalized spacial score (nSPS) is 12.8. The predicted molar refractivity (Wildman–Crippen MR) is 123 cm³/mol. The lowest BCUT2D eigenvalue weighted by molar-refractivity contribution is -0.120. The molecule has 1 aromatic heterocycles. The van der Waals surface area contributed by atoms with Crippen molar-refractivity contribution in [2.24, 2.45) is 0 Å². The highest BCUT2D eigenvalue weighted by molar-refractivity contribution is 7.13. The second-order valence-electron chi connectivity index (χ2n) is 7.66. The molecule has 164 valence electrons. The maximum atomic E-state index is 12.8. The van der Waals surface area contributed by atoms with E-state index in [1.807, 2.05) is 48.5 Å². The lowest BCUT2D eigenvalue weighted by Crippen LogP contribution is -2.39. The van der Waals surface area contributed by atoms with Gasteiger partial charge in [-0.1, -0.05) is 48.5 Å². The molecular weight excluding hydrogens is 424 g/mol. The number of nitrogens with one attached hydrogen (secondary N) is 2. The summed E-state index contributed by atoms with van der Waals surface area (Å²) in [6, 6.07) is 18.8. The zero-order valence-corrected chi connectivity index (χ0v) is 18.3. The minimum Gasteiger partial charge on any atom is -0.352 e. The predicted octanol–water partition coefficient (Wildman–Crippen LogP) is 3.25. The van der Waals surface area contributed by atoms with Crippen LogP contribution in [0.3, 0.4) is 0 Å². The van der Waals surface area contributed by atoms with Gasteiger partial charge in [-0.15, -0.1) is 11.3 Å². The Morgan fingerprint density at radius 2 is 1.66 bits per heavy atom. The third-order valence-electron chi connectivity index (χ3n) is 5.06. The van der Waals surface area contributed by atoms with Crippen LogP contribution in [-0.4, -0.2) is 40.2 Å². The topological polar surface area (TPSA) is 91.4 Å². The molecule has 0 aliphatic heterocycles. The molecule has 32 heavy (non-hydrogen) atoms. The van der Waals surface area contributed by atoms with E-state index in [2.05, 4.69) is 15.6 Å². The van der Waals surface area contributed by atoms with Crippen molar-refractivity contribution in [3.63, 3.8) is 0 Å². The second kappa shape index (κ2) is 10.2. The molecule has 1 aliphatic carbocycles. The number of carbonyl (C=O) groups is 3. The van der Waals surface area contributed by atoms with Crippen molar-refractivity contribution in [3.8, 4) is 0 Å². The van der Waals surface area contributed by atoms with Crippen LogP contribution < -0.4 is 10.6 Å². The van der Waals surface area contributed by atoms with E-state index in [1.54, 1.807) is 22.4 Å². The highest BCUT2D eigenvalue weighted by Gasteiger charge is 2.34. The third-order valence-corrected chi connectivity index (χ3v) is 5.86. The van der Waals surface area contributed by atoms with Gasteiger partial charge in [0, 0.05) is 23.5 Å². The number of anilines is 1. The molecule has 2 N–H and O–H groups in total. The van der Waals surface area contributed by atoms with E-state index in [4.69, 9.17) is 0 Å². The van der Waals surface area contributed by atoms with Crippen LogP contribution in [0, 0.1) is 0 Å². The zero-order chi connectivity index (χ0) is 22.3. The van der Waals surface area contributed by atoms with Gasteiger partial charge < -0.3 is 15.5 Å². The van der Waals surface area contributed by atoms with E-state index in [9.17, 15) is 14.4 Å². The molecule has 3 aromatic rings. The fourth-order valence-electron chi connectivity index (χ4n) is 3.28. The number of hydrogen-bond acceptors (Lipinski definition) is 5. The van der Waals surface area contributed by atoms with Crippen molar-refractivity contribution in [3.05, 3.63) is 82.9 Å². The van der Waals surface area contributed by atoms with Crippen molar-refractivity contribution >= 4 is 34.2 Å². The quantitative estimate of drug-likeness (QED) is 0.526. The van der Waals surface area contributed by atoms with E-state index in [0.29, 0.717) is 22.9 Å². The molecule has 0 spiro atoms. The van der Waals surface area contributed by atoms with Crippen LogP contribution in [0.2, 0.25) is 0 Å². The van der Waals surface area contributed by atoms with Gasteiger partial charge in [-0.05, 0) is 30.5 Å². The molecule has 7 nitrogen and oxygen atoms in total. The monoisotopic (exact) mass is 448 g/mol. The summed E-state index contributed by atoms with van der Waals surface area (Å²) in [5.74, 6) is -0.570. The summed E-state index contributed by atoms with van der Waals surface area (Å²) in [6.45, 7) is 0.435. The summed E-state index contributed by atoms with van der Waals surface area (Å²) < 4.78 is 0. The van der Waals surface area contributed by atoms with Crippen LogP contribution in [0.1, 0.15) is 34.5 Å². The zero-order valence-electron chi connectivity index (χ0n) is 17.5. The standard InChI is InChI=1S/C24H24N4O3S/c29-21(25-14-17-7-3-1-4-8-17)13-19-16-32-24(26-19)27-22(30)15-28(20-11-12-20)23(31)18-9-5-2-6-10-18/h1-10,16,20H,11-15H2,(H,25,29)(H,26,27,30). The van der Waals surface area contributed by atoms with Crippen molar-refractivity contribution in [2.45, 2.75) is 31.8 Å². The Bertz CT molecular complexity index is 1080. The molecule has 0 saturated heterocycles. The summed E-state index contributed by atoms with van der Waals surface area (Å²) in [5.41, 5.74) is 2.19. The summed E-state index contributed by atoms with van der Waals surface area (Å²) in [4.78, 5) is 43.5. The average Bonchev–Trinajstić information content (AvgIpc) is 3.57. The fourth-order valence-corrected chi connectivity index (χ4v) is 4.01. The Balaban J connectivity index is 1.28. The molecule has 4 rings (SSSR count). The van der Waals surface area contributed by atoms with Crippen molar-refractivity contribution < 1.29 is 14.4 Å². The molecule has 2 aromatic carbocycles. The first-order chi connectivity index (χ1) is 15.6. The van der Waals surface area contributed by atoms with E-state index in [-0.39, 0.29) is 36.7 Å². The lowest BCUT2D eigenvalue weighted by atomic mass is 10.2. The molecule has 0 bridgehead atoms. The van der Waals surface area contributed by atoms with Gasteiger partial charge in [0.25, 0.3) is 5.91 Å². The van der Waals surface area contributed by atoms with Gasteiger partial charge in [0.05, 0.1) is 12.1 Å². The van der Waals surface area contributed by atoms with Crippen LogP contribution in [0.4, 0.5) is 5.13 Å². The van der Waals surface area contributed by atoms with Gasteiger partial charge in [0.1, 0.15) is 6.54 Å². The number of aromatic nitrogens is 1. The Kier molecular flexibility index (Phi) is 6.91. The van der Waals surface area contributed by atoms with E-state index in [0.717, 1.165) is 18.4 Å². The number of nitrogens with zero attached hydrogens (tertiary/aromatic N) is 2. The molecule has 1 heterocycles. The first kappa shape index (κ1) is 21.7. The highest BCUT2D eigenvalue weighted by atomic mass is 32.1. The molecule has 1 saturated carbocycles. The van der Waals surface area contributed by atoms with E-state index >= 15 is 0 Å². The van der Waals surface area contributed by atoms with E-state index in [1.165, 1.54) is 11.3 Å². The molecular formula is C24H24N4O3S. The number of hydrogen-bond donors (Lipinski definition) is 2. The largest absolute Gasteiger partial charge is 0.352 e. The maximum Gasteiger partial charge on any atom is 0.254 e. The van der Waals surface area contributed by atoms with Gasteiger partial charge in [0.2, 0.25) is 11.8 Å². The van der Waals surface area contributed by atoms with Crippen LogP contribution in [-0.2, 0) is 22.6 Å². The van der Waals surface area contributed by atoms with Gasteiger partial charge in [-0.2, -0.15) is 0 Å². The molecule has 0 atom stereocenters. The van der Waals surface area contributed by atoms with Crippen LogP contribution in [0.15, 0.2) is 66.0 Å². The molecule has 8 heteroatoms. The Hall–Kier alpha value is -3.52. The summed E-state index contributed by atoms with van der Waals surface area (Å²) in [5, 5.41) is 7.80. The Morgan fingerprint density at radius 1 is 0.969 bits per heavy atom. The fraction of sp³-hybridized carbons (Fsp3) is 0.250. The maximum absolute atomic E-state index is 12.8. The van der Waals surface area contributed by atoms with E-state index < -0.39 is 0 Å². The average molecular weight is 449 g/mol. The number of rotatable bonds is 9. The molecule has 1 aliphatic rings. The minimum absolute atomic E-state index is 0.0229. The summed E-state index contributed by atoms with van der Waals surface area (Å²) in [7, 11) is 0. The van der Waals surface area contributed by atoms with Crippen molar-refractivity contribution in [1.82, 2.24) is 15.2 Å². The van der Waals surface area contributed by atoms with Gasteiger partial charge in [-0.25, -0.2) is 4.98 Å². The first-order valence-corrected chi connectivity index (χ1v) is 11.4. The van der Waals surface area contributed by atoms with Gasteiger partial charge in [0.15, 0.2) is 5.13 Å². The Labute approximate surface area is 190 Å². The smallest absolute Gasteiger partial charge is 0.254 e. The molecule has 0 unspecified atom stereocenters. The second-order valence-corrected chi connectivity index (χ2v) is 8.52. The molecule has 0 radical (unpaired) electrons. The van der Waals surface area contributed by atoms with Gasteiger partial charge in [-0.3, -0.25) is 14.4 Å². The summed E-state index contributed by atoms with van der Waals surface area (Å²) in [6.07, 6.45) is 1.95. The van der Waals surface area contributed by atoms with Gasteiger partial charge >= 0.3 is 0 Å². The SMILES string of the molecule is O=C(Cc1csc(NC(=O)CN(C(=O)c2ccccc2)C2CC2)n1)NCc1ccccc1. The van der Waals surface area contributed by atoms with Crippen LogP contribution >= 0.6 is 11.3 Å². The number of benzene rings is 2. The minimum atomic E-state index is -0.296. The van der Waals surface area contributed by atoms with Crippen molar-refractivity contribution in [2.75, 3.05) is 11.9 Å².